The Kier molecular flexibility index (Phi) is 4.37. The molecule has 2 atom stereocenters. The molecule has 0 radical (unpaired) electrons. The Balaban J connectivity index is 2.14. The summed E-state index contributed by atoms with van der Waals surface area (Å²) in [5.74, 6) is -1.18. The number of carbonyl (C=O) groups is 1. The van der Waals surface area contributed by atoms with Gasteiger partial charge in [-0.05, 0) is 18.1 Å². The topological polar surface area (TPSA) is 67.3 Å². The summed E-state index contributed by atoms with van der Waals surface area (Å²) in [5.41, 5.74) is 0.909. The Morgan fingerprint density at radius 3 is 2.85 bits per heavy atom. The zero-order valence-corrected chi connectivity index (χ0v) is 12.0. The van der Waals surface area contributed by atoms with E-state index < -0.39 is 21.9 Å². The van der Waals surface area contributed by atoms with Gasteiger partial charge in [0, 0.05) is 31.3 Å². The number of carbonyl (C=O) groups excluding carboxylic acids is 1. The van der Waals surface area contributed by atoms with Crippen LogP contribution in [0, 0.1) is 5.92 Å². The molecular weight excluding hydrogens is 283 g/mol. The van der Waals surface area contributed by atoms with Crippen LogP contribution in [-0.2, 0) is 15.0 Å². The molecule has 20 heavy (non-hydrogen) atoms. The smallest absolute Gasteiger partial charge is 0.302 e. The quantitative estimate of drug-likeness (QED) is 0.776. The highest BCUT2D eigenvalue weighted by Gasteiger charge is 2.36. The molecule has 2 heterocycles. The molecule has 5 nitrogen and oxygen atoms in total. The van der Waals surface area contributed by atoms with Crippen LogP contribution in [0.5, 0.6) is 0 Å². The fourth-order valence-corrected chi connectivity index (χ4v) is 3.50. The molecule has 110 valence electrons. The van der Waals surface area contributed by atoms with Gasteiger partial charge in [-0.25, -0.2) is 0 Å². The van der Waals surface area contributed by atoms with E-state index in [1.165, 1.54) is 0 Å². The highest BCUT2D eigenvalue weighted by molar-refractivity contribution is 7.86. The first-order chi connectivity index (χ1) is 9.40. The van der Waals surface area contributed by atoms with Crippen LogP contribution in [0.4, 0.5) is 3.89 Å². The van der Waals surface area contributed by atoms with Gasteiger partial charge in [-0.1, -0.05) is 13.0 Å². The van der Waals surface area contributed by atoms with Crippen LogP contribution in [0.3, 0.4) is 0 Å². The van der Waals surface area contributed by atoms with E-state index in [-0.39, 0.29) is 24.9 Å². The number of nitrogens with zero attached hydrogens (tertiary/aromatic N) is 2. The monoisotopic (exact) mass is 300 g/mol. The zero-order chi connectivity index (χ0) is 14.8. The molecule has 1 amide bonds. The van der Waals surface area contributed by atoms with E-state index in [0.29, 0.717) is 6.42 Å². The van der Waals surface area contributed by atoms with Gasteiger partial charge in [0.25, 0.3) is 0 Å². The third-order valence-corrected chi connectivity index (χ3v) is 4.37. The SMILES string of the molecule is CCC(c1cccnc1)N1CC(CS(=O)(=O)F)CC1=O. The minimum Gasteiger partial charge on any atom is -0.335 e. The van der Waals surface area contributed by atoms with Crippen LogP contribution in [-0.4, -0.2) is 36.5 Å². The van der Waals surface area contributed by atoms with Gasteiger partial charge in [-0.15, -0.1) is 3.89 Å². The van der Waals surface area contributed by atoms with Crippen molar-refractivity contribution in [2.75, 3.05) is 12.3 Å². The molecule has 1 aliphatic rings. The van der Waals surface area contributed by atoms with Crippen molar-refractivity contribution < 1.29 is 17.1 Å². The summed E-state index contributed by atoms with van der Waals surface area (Å²) in [6, 6.07) is 3.54. The summed E-state index contributed by atoms with van der Waals surface area (Å²) < 4.78 is 34.1. The molecule has 0 N–H and O–H groups in total. The van der Waals surface area contributed by atoms with E-state index in [4.69, 9.17) is 0 Å². The van der Waals surface area contributed by atoms with Crippen LogP contribution in [0.25, 0.3) is 0 Å². The van der Waals surface area contributed by atoms with Crippen molar-refractivity contribution in [1.29, 1.82) is 0 Å². The molecule has 2 unspecified atom stereocenters. The lowest BCUT2D eigenvalue weighted by atomic mass is 10.1. The fraction of sp³-hybridized carbons (Fsp3) is 0.538. The lowest BCUT2D eigenvalue weighted by Crippen LogP contribution is -2.30. The minimum atomic E-state index is -4.54. The predicted octanol–water partition coefficient (Wildman–Crippen LogP) is 1.68. The van der Waals surface area contributed by atoms with Gasteiger partial charge in [0.1, 0.15) is 0 Å². The molecule has 0 aliphatic carbocycles. The van der Waals surface area contributed by atoms with E-state index in [0.717, 1.165) is 5.56 Å². The van der Waals surface area contributed by atoms with Crippen LogP contribution in [0.15, 0.2) is 24.5 Å². The maximum absolute atomic E-state index is 12.7. The van der Waals surface area contributed by atoms with Crippen LogP contribution < -0.4 is 0 Å². The third kappa shape index (κ3) is 3.53. The molecule has 1 fully saturated rings. The fourth-order valence-electron chi connectivity index (χ4n) is 2.71. The molecule has 1 aromatic rings. The van der Waals surface area contributed by atoms with Crippen molar-refractivity contribution in [1.82, 2.24) is 9.88 Å². The number of pyridine rings is 1. The predicted molar refractivity (Wildman–Crippen MR) is 72.0 cm³/mol. The van der Waals surface area contributed by atoms with Gasteiger partial charge in [-0.2, -0.15) is 8.42 Å². The summed E-state index contributed by atoms with van der Waals surface area (Å²) in [5, 5.41) is 0. The second-order valence-corrected chi connectivity index (χ2v) is 6.44. The molecule has 0 bridgehead atoms. The molecule has 0 saturated carbocycles. The van der Waals surface area contributed by atoms with E-state index in [9.17, 15) is 17.1 Å². The Labute approximate surface area is 118 Å². The first kappa shape index (κ1) is 14.9. The average Bonchev–Trinajstić information content (AvgIpc) is 2.70. The molecule has 2 rings (SSSR count). The standard InChI is InChI=1S/C13H17FN2O3S/c1-2-12(11-4-3-5-15-7-11)16-8-10(6-13(16)17)9-20(14,18)19/h3-5,7,10,12H,2,6,8-9H2,1H3. The molecule has 1 aliphatic heterocycles. The van der Waals surface area contributed by atoms with Crippen molar-refractivity contribution in [3.63, 3.8) is 0 Å². The van der Waals surface area contributed by atoms with Gasteiger partial charge in [0.05, 0.1) is 11.8 Å². The molecule has 1 aromatic heterocycles. The van der Waals surface area contributed by atoms with E-state index >= 15 is 0 Å². The van der Waals surface area contributed by atoms with Crippen LogP contribution in [0.1, 0.15) is 31.4 Å². The first-order valence-electron chi connectivity index (χ1n) is 6.52. The second-order valence-electron chi connectivity index (χ2n) is 5.03. The lowest BCUT2D eigenvalue weighted by Gasteiger charge is -2.27. The zero-order valence-electron chi connectivity index (χ0n) is 11.2. The van der Waals surface area contributed by atoms with E-state index in [2.05, 4.69) is 4.98 Å². The molecule has 0 spiro atoms. The number of hydrogen-bond acceptors (Lipinski definition) is 4. The van der Waals surface area contributed by atoms with Gasteiger partial charge < -0.3 is 4.90 Å². The highest BCUT2D eigenvalue weighted by atomic mass is 32.3. The number of amides is 1. The first-order valence-corrected chi connectivity index (χ1v) is 8.07. The largest absolute Gasteiger partial charge is 0.335 e. The summed E-state index contributed by atoms with van der Waals surface area (Å²) in [6.07, 6.45) is 4.13. The number of halogens is 1. The summed E-state index contributed by atoms with van der Waals surface area (Å²) in [4.78, 5) is 17.7. The Morgan fingerprint density at radius 2 is 2.30 bits per heavy atom. The number of aromatic nitrogens is 1. The van der Waals surface area contributed by atoms with E-state index in [1.807, 2.05) is 13.0 Å². The maximum Gasteiger partial charge on any atom is 0.302 e. The lowest BCUT2D eigenvalue weighted by molar-refractivity contribution is -0.129. The molecule has 0 aromatic carbocycles. The van der Waals surface area contributed by atoms with Crippen molar-refractivity contribution >= 4 is 16.1 Å². The van der Waals surface area contributed by atoms with Gasteiger partial charge >= 0.3 is 10.2 Å². The summed E-state index contributed by atoms with van der Waals surface area (Å²) in [7, 11) is -4.54. The Hall–Kier alpha value is -1.50. The Morgan fingerprint density at radius 1 is 1.55 bits per heavy atom. The second kappa shape index (κ2) is 5.87. The van der Waals surface area contributed by atoms with E-state index in [1.54, 1.807) is 23.4 Å². The summed E-state index contributed by atoms with van der Waals surface area (Å²) in [6.45, 7) is 2.22. The van der Waals surface area contributed by atoms with Crippen LogP contribution in [0.2, 0.25) is 0 Å². The van der Waals surface area contributed by atoms with Crippen molar-refractivity contribution in [3.8, 4) is 0 Å². The van der Waals surface area contributed by atoms with Crippen LogP contribution >= 0.6 is 0 Å². The molecular formula is C13H17FN2O3S. The minimum absolute atomic E-state index is 0.0832. The third-order valence-electron chi connectivity index (χ3n) is 3.51. The number of hydrogen-bond donors (Lipinski definition) is 0. The normalized spacial score (nSPS) is 21.2. The molecule has 1 saturated heterocycles. The molecule has 7 heteroatoms. The van der Waals surface area contributed by atoms with Gasteiger partial charge in [-0.3, -0.25) is 9.78 Å². The maximum atomic E-state index is 12.7. The van der Waals surface area contributed by atoms with Crippen molar-refractivity contribution in [2.45, 2.75) is 25.8 Å². The average molecular weight is 300 g/mol. The van der Waals surface area contributed by atoms with Crippen molar-refractivity contribution in [3.05, 3.63) is 30.1 Å². The summed E-state index contributed by atoms with van der Waals surface area (Å²) >= 11 is 0. The Bertz CT molecular complexity index is 577. The van der Waals surface area contributed by atoms with Crippen molar-refractivity contribution in [2.24, 2.45) is 5.92 Å². The highest BCUT2D eigenvalue weighted by Crippen LogP contribution is 2.31. The number of rotatable bonds is 5. The van der Waals surface area contributed by atoms with Gasteiger partial charge in [0.2, 0.25) is 5.91 Å². The van der Waals surface area contributed by atoms with Gasteiger partial charge in [0.15, 0.2) is 0 Å². The number of likely N-dealkylation sites (tertiary alicyclic amines) is 1.